The Morgan fingerprint density at radius 1 is 0.397 bits per heavy atom. The molecule has 3 heteroatoms. The second-order valence-electron chi connectivity index (χ2n) is 22.1. The van der Waals surface area contributed by atoms with Gasteiger partial charge in [0.1, 0.15) is 0 Å². The second kappa shape index (κ2) is 11.3. The number of nitrogens with zero attached hydrogens (tertiary/aromatic N) is 2. The predicted molar refractivity (Wildman–Crippen MR) is 274 cm³/mol. The number of hydrogen-bond acceptors (Lipinski definition) is 0. The molecular weight excluding hydrogens is 759 g/mol. The molecule has 2 aromatic heterocycles. The number of hydrogen-bond donors (Lipinski definition) is 0. The zero-order valence-corrected chi connectivity index (χ0v) is 37.7. The second-order valence-corrected chi connectivity index (χ2v) is 22.1. The molecule has 10 aromatic carbocycles. The van der Waals surface area contributed by atoms with Crippen molar-refractivity contribution in [1.29, 1.82) is 0 Å². The molecule has 2 aliphatic rings. The van der Waals surface area contributed by atoms with Crippen molar-refractivity contribution < 1.29 is 0 Å². The molecule has 0 fully saturated rings. The molecule has 0 unspecified atom stereocenters. The van der Waals surface area contributed by atoms with Crippen LogP contribution in [0.1, 0.15) is 79.0 Å². The molecule has 302 valence electrons. The van der Waals surface area contributed by atoms with E-state index in [1.165, 1.54) is 142 Å². The van der Waals surface area contributed by atoms with Gasteiger partial charge in [-0.2, -0.15) is 0 Å². The van der Waals surface area contributed by atoms with Crippen LogP contribution in [-0.4, -0.2) is 15.9 Å². The fraction of sp³-hybridized carbons (Fsp3) is 0.200. The van der Waals surface area contributed by atoms with Crippen molar-refractivity contribution in [3.63, 3.8) is 0 Å². The zero-order chi connectivity index (χ0) is 42.8. The first kappa shape index (κ1) is 36.0. The summed E-state index contributed by atoms with van der Waals surface area (Å²) in [5.74, 6) is 0. The first-order valence-electron chi connectivity index (χ1n) is 23.0. The molecule has 63 heavy (non-hydrogen) atoms. The zero-order valence-electron chi connectivity index (χ0n) is 37.7. The van der Waals surface area contributed by atoms with Crippen molar-refractivity contribution in [3.8, 4) is 16.8 Å². The van der Waals surface area contributed by atoms with Crippen LogP contribution < -0.4 is 10.9 Å². The Labute approximate surface area is 368 Å². The molecule has 14 rings (SSSR count). The lowest BCUT2D eigenvalue weighted by atomic mass is 9.45. The summed E-state index contributed by atoms with van der Waals surface area (Å²) >= 11 is 0. The minimum Gasteiger partial charge on any atom is -0.375 e. The van der Waals surface area contributed by atoms with E-state index in [1.807, 2.05) is 0 Å². The van der Waals surface area contributed by atoms with E-state index in [4.69, 9.17) is 0 Å². The van der Waals surface area contributed by atoms with Crippen LogP contribution in [0.3, 0.4) is 0 Å². The lowest BCUT2D eigenvalue weighted by Gasteiger charge is -2.36. The Morgan fingerprint density at radius 2 is 1.00 bits per heavy atom. The first-order chi connectivity index (χ1) is 30.2. The van der Waals surface area contributed by atoms with Gasteiger partial charge in [-0.1, -0.05) is 165 Å². The Balaban J connectivity index is 1.30. The van der Waals surface area contributed by atoms with Gasteiger partial charge in [0.25, 0.3) is 0 Å². The quantitative estimate of drug-likeness (QED) is 0.107. The average molecular weight is 809 g/mol. The van der Waals surface area contributed by atoms with Gasteiger partial charge in [0.15, 0.2) is 0 Å². The van der Waals surface area contributed by atoms with Crippen LogP contribution in [0.2, 0.25) is 0 Å². The van der Waals surface area contributed by atoms with E-state index < -0.39 is 0 Å². The van der Waals surface area contributed by atoms with Crippen LogP contribution >= 0.6 is 0 Å². The third kappa shape index (κ3) is 4.41. The lowest BCUT2D eigenvalue weighted by Crippen LogP contribution is -2.55. The molecule has 2 aliphatic heterocycles. The van der Waals surface area contributed by atoms with Crippen LogP contribution in [0.15, 0.2) is 133 Å². The fourth-order valence-electron chi connectivity index (χ4n) is 12.3. The number of benzene rings is 10. The van der Waals surface area contributed by atoms with Gasteiger partial charge in [-0.25, -0.2) is 0 Å². The third-order valence-electron chi connectivity index (χ3n) is 15.4. The van der Waals surface area contributed by atoms with Crippen LogP contribution in [0.4, 0.5) is 0 Å². The van der Waals surface area contributed by atoms with Gasteiger partial charge in [0.2, 0.25) is 0 Å². The Bertz CT molecular complexity index is 4060. The van der Waals surface area contributed by atoms with Gasteiger partial charge in [0.05, 0.1) is 16.7 Å². The van der Waals surface area contributed by atoms with Crippen LogP contribution in [-0.2, 0) is 16.2 Å². The van der Waals surface area contributed by atoms with Gasteiger partial charge in [-0.3, -0.25) is 0 Å². The van der Waals surface area contributed by atoms with Crippen LogP contribution in [0.5, 0.6) is 0 Å². The van der Waals surface area contributed by atoms with Crippen molar-refractivity contribution >= 4 is 115 Å². The van der Waals surface area contributed by atoms with E-state index in [1.54, 1.807) is 0 Å². The van der Waals surface area contributed by atoms with Crippen molar-refractivity contribution in [3.05, 3.63) is 150 Å². The maximum Gasteiger partial charge on any atom is 0.333 e. The van der Waals surface area contributed by atoms with Crippen molar-refractivity contribution in [2.24, 2.45) is 0 Å². The monoisotopic (exact) mass is 808 g/mol. The topological polar surface area (TPSA) is 9.86 Å². The normalized spacial score (nSPS) is 14.1. The molecule has 0 bridgehead atoms. The van der Waals surface area contributed by atoms with E-state index in [0.717, 1.165) is 0 Å². The van der Waals surface area contributed by atoms with Gasteiger partial charge in [0, 0.05) is 48.9 Å². The Kier molecular flexibility index (Phi) is 6.46. The highest BCUT2D eigenvalue weighted by Gasteiger charge is 2.44. The minimum atomic E-state index is -0.0554. The fourth-order valence-corrected chi connectivity index (χ4v) is 12.3. The molecule has 0 N–H and O–H groups in total. The molecular formula is C60H49BN2. The van der Waals surface area contributed by atoms with E-state index >= 15 is 0 Å². The molecule has 0 radical (unpaired) electrons. The first-order valence-corrected chi connectivity index (χ1v) is 23.0. The van der Waals surface area contributed by atoms with Gasteiger partial charge in [-0.05, 0) is 123 Å². The largest absolute Gasteiger partial charge is 0.375 e. The highest BCUT2D eigenvalue weighted by molar-refractivity contribution is 6.91. The van der Waals surface area contributed by atoms with E-state index in [0.29, 0.717) is 0 Å². The molecule has 0 spiro atoms. The number of rotatable bonds is 0. The number of fused-ring (bicyclic) bond motifs is 16. The summed E-state index contributed by atoms with van der Waals surface area (Å²) in [6, 6.07) is 52.8. The molecule has 0 amide bonds. The van der Waals surface area contributed by atoms with Crippen molar-refractivity contribution in [2.75, 3.05) is 0 Å². The SMILES string of the molecule is CC(C)(C)c1cc2ccc3c4c5c(c6ccc(c1)c2c36)-n1c2ccc3ccccc3c2c2c3ccccc3cc(c21)B5n1c2ccc(C(C)(C)C)cc2c2cc(C(C)(C)C)cc-4c21. The lowest BCUT2D eigenvalue weighted by molar-refractivity contribution is 0.590. The third-order valence-corrected chi connectivity index (χ3v) is 15.4. The summed E-state index contributed by atoms with van der Waals surface area (Å²) in [5.41, 5.74) is 16.3. The summed E-state index contributed by atoms with van der Waals surface area (Å²) in [6.45, 7) is 21.2. The van der Waals surface area contributed by atoms with Crippen molar-refractivity contribution in [2.45, 2.75) is 78.6 Å². The summed E-state index contributed by atoms with van der Waals surface area (Å²) in [5, 5.41) is 18.7. The van der Waals surface area contributed by atoms with E-state index in [-0.39, 0.29) is 23.1 Å². The molecule has 0 atom stereocenters. The minimum absolute atomic E-state index is 0.0146. The molecule has 0 saturated carbocycles. The smallest absolute Gasteiger partial charge is 0.333 e. The summed E-state index contributed by atoms with van der Waals surface area (Å²) < 4.78 is 5.50. The van der Waals surface area contributed by atoms with Crippen LogP contribution in [0, 0.1) is 0 Å². The maximum absolute atomic E-state index is 2.78. The summed E-state index contributed by atoms with van der Waals surface area (Å²) in [4.78, 5) is 0. The van der Waals surface area contributed by atoms with E-state index in [2.05, 4.69) is 205 Å². The van der Waals surface area contributed by atoms with E-state index in [9.17, 15) is 0 Å². The van der Waals surface area contributed by atoms with Gasteiger partial charge in [-0.15, -0.1) is 0 Å². The molecule has 0 saturated heterocycles. The van der Waals surface area contributed by atoms with Gasteiger partial charge < -0.3 is 9.05 Å². The highest BCUT2D eigenvalue weighted by atomic mass is 15.0. The van der Waals surface area contributed by atoms with Gasteiger partial charge >= 0.3 is 6.85 Å². The molecule has 2 nitrogen and oxygen atoms in total. The molecule has 0 aliphatic carbocycles. The Hall–Kier alpha value is -6.58. The highest BCUT2D eigenvalue weighted by Crippen LogP contribution is 2.52. The maximum atomic E-state index is 2.78. The standard InChI is InChI=1S/C60H49BN2/c1-58(2,3)36-21-25-47-43(29-36)44-30-38(60(7,8)9)31-45-51-41-22-18-34-26-37(59(4,5)6)27-35-19-23-42(50(41)49(34)35)56-54(51)61(63(47)55(44)45)46-28-33-15-11-13-17-40(33)53-52-39-16-12-10-14-32(39)20-24-48(52)62(56)57(46)53/h10-31H,1-9H3. The average Bonchev–Trinajstić information content (AvgIpc) is 3.78. The van der Waals surface area contributed by atoms with Crippen LogP contribution in [0.25, 0.3) is 114 Å². The number of aromatic nitrogens is 2. The Morgan fingerprint density at radius 3 is 1.71 bits per heavy atom. The molecule has 12 aromatic rings. The molecule has 4 heterocycles. The predicted octanol–water partition coefficient (Wildman–Crippen LogP) is 14.9. The summed E-state index contributed by atoms with van der Waals surface area (Å²) in [7, 11) is 0. The summed E-state index contributed by atoms with van der Waals surface area (Å²) in [6.07, 6.45) is 0. The van der Waals surface area contributed by atoms with Crippen molar-refractivity contribution in [1.82, 2.24) is 9.05 Å².